The van der Waals surface area contributed by atoms with Crippen LogP contribution in [0.2, 0.25) is 0 Å². The van der Waals surface area contributed by atoms with Gasteiger partial charge in [-0.2, -0.15) is 5.10 Å². The highest BCUT2D eigenvalue weighted by molar-refractivity contribution is 6.05. The van der Waals surface area contributed by atoms with Crippen molar-refractivity contribution in [2.24, 2.45) is 0 Å². The van der Waals surface area contributed by atoms with Crippen LogP contribution in [0.15, 0.2) is 18.2 Å². The first-order valence-electron chi connectivity index (χ1n) is 7.21. The van der Waals surface area contributed by atoms with Crippen molar-refractivity contribution in [2.45, 2.75) is 19.4 Å². The maximum absolute atomic E-state index is 12.4. The number of carbonyl (C=O) groups is 2. The van der Waals surface area contributed by atoms with Crippen LogP contribution >= 0.6 is 0 Å². The van der Waals surface area contributed by atoms with Crippen molar-refractivity contribution in [2.75, 3.05) is 17.2 Å². The van der Waals surface area contributed by atoms with Crippen molar-refractivity contribution in [3.8, 4) is 0 Å². The third-order valence-electron chi connectivity index (χ3n) is 4.01. The lowest BCUT2D eigenvalue weighted by Crippen LogP contribution is -2.25. The molecule has 22 heavy (non-hydrogen) atoms. The minimum absolute atomic E-state index is 0.0223. The maximum atomic E-state index is 12.4. The summed E-state index contributed by atoms with van der Waals surface area (Å²) >= 11 is 0. The van der Waals surface area contributed by atoms with Gasteiger partial charge in [0.15, 0.2) is 5.69 Å². The van der Waals surface area contributed by atoms with E-state index in [9.17, 15) is 9.59 Å². The molecular weight excluding hydrogens is 282 g/mol. The standard InChI is InChI=1S/C15H15N5O2/c21-13-6-8-5-9(1-2-11(8)18-13)17-15(22)14-10-7-16-4-3-12(10)19-20-14/h1-2,5,16H,3-4,6-7H2,(H,17,22)(H,18,21)(H,19,20). The number of amides is 2. The van der Waals surface area contributed by atoms with Gasteiger partial charge in [-0.05, 0) is 23.8 Å². The van der Waals surface area contributed by atoms with Crippen molar-refractivity contribution in [1.29, 1.82) is 0 Å². The summed E-state index contributed by atoms with van der Waals surface area (Å²) in [5.41, 5.74) is 4.75. The molecule has 0 radical (unpaired) electrons. The average molecular weight is 297 g/mol. The largest absolute Gasteiger partial charge is 0.326 e. The van der Waals surface area contributed by atoms with Gasteiger partial charge < -0.3 is 16.0 Å². The molecule has 2 amide bonds. The summed E-state index contributed by atoms with van der Waals surface area (Å²) in [6.07, 6.45) is 1.20. The number of nitrogens with zero attached hydrogens (tertiary/aromatic N) is 1. The van der Waals surface area contributed by atoms with Crippen LogP contribution in [-0.2, 0) is 24.2 Å². The van der Waals surface area contributed by atoms with Crippen molar-refractivity contribution in [3.63, 3.8) is 0 Å². The first-order valence-corrected chi connectivity index (χ1v) is 7.21. The Bertz CT molecular complexity index is 780. The SMILES string of the molecule is O=C1Cc2cc(NC(=O)c3n[nH]c4c3CNCC4)ccc2N1. The van der Waals surface area contributed by atoms with Gasteiger partial charge in [0.2, 0.25) is 5.91 Å². The number of nitrogens with one attached hydrogen (secondary N) is 4. The van der Waals surface area contributed by atoms with Crippen LogP contribution in [0.3, 0.4) is 0 Å². The molecule has 7 nitrogen and oxygen atoms in total. The number of H-pyrrole nitrogens is 1. The van der Waals surface area contributed by atoms with Gasteiger partial charge in [-0.3, -0.25) is 14.7 Å². The van der Waals surface area contributed by atoms with E-state index >= 15 is 0 Å². The molecule has 3 heterocycles. The summed E-state index contributed by atoms with van der Waals surface area (Å²) in [4.78, 5) is 23.8. The van der Waals surface area contributed by atoms with Crippen molar-refractivity contribution in [3.05, 3.63) is 40.7 Å². The highest BCUT2D eigenvalue weighted by Gasteiger charge is 2.22. The van der Waals surface area contributed by atoms with Crippen LogP contribution in [0.1, 0.15) is 27.3 Å². The first-order chi connectivity index (χ1) is 10.7. The fraction of sp³-hybridized carbons (Fsp3) is 0.267. The Morgan fingerprint density at radius 3 is 3.14 bits per heavy atom. The van der Waals surface area contributed by atoms with E-state index in [0.29, 0.717) is 24.3 Å². The molecule has 112 valence electrons. The van der Waals surface area contributed by atoms with Crippen molar-refractivity contribution in [1.82, 2.24) is 15.5 Å². The van der Waals surface area contributed by atoms with E-state index in [-0.39, 0.29) is 11.8 Å². The van der Waals surface area contributed by atoms with Crippen molar-refractivity contribution < 1.29 is 9.59 Å². The fourth-order valence-corrected chi connectivity index (χ4v) is 2.91. The molecule has 2 aliphatic rings. The van der Waals surface area contributed by atoms with Crippen molar-refractivity contribution >= 4 is 23.2 Å². The number of hydrogen-bond acceptors (Lipinski definition) is 4. The van der Waals surface area contributed by atoms with E-state index in [4.69, 9.17) is 0 Å². The summed E-state index contributed by atoms with van der Waals surface area (Å²) in [5, 5.41) is 15.9. The Morgan fingerprint density at radius 1 is 1.32 bits per heavy atom. The second kappa shape index (κ2) is 4.96. The van der Waals surface area contributed by atoms with Gasteiger partial charge in [0, 0.05) is 42.1 Å². The quantitative estimate of drug-likeness (QED) is 0.659. The summed E-state index contributed by atoms with van der Waals surface area (Å²) in [6, 6.07) is 5.40. The fourth-order valence-electron chi connectivity index (χ4n) is 2.91. The topological polar surface area (TPSA) is 98.9 Å². The third kappa shape index (κ3) is 2.15. The number of anilines is 2. The molecule has 4 N–H and O–H groups in total. The lowest BCUT2D eigenvalue weighted by Gasteiger charge is -2.13. The Kier molecular flexibility index (Phi) is 2.93. The maximum Gasteiger partial charge on any atom is 0.276 e. The number of aromatic nitrogens is 2. The third-order valence-corrected chi connectivity index (χ3v) is 4.01. The lowest BCUT2D eigenvalue weighted by atomic mass is 10.1. The van der Waals surface area contributed by atoms with Gasteiger partial charge in [-0.25, -0.2) is 0 Å². The van der Waals surface area contributed by atoms with Gasteiger partial charge in [0.25, 0.3) is 5.91 Å². The molecule has 1 aromatic carbocycles. The van der Waals surface area contributed by atoms with Gasteiger partial charge >= 0.3 is 0 Å². The van der Waals surface area contributed by atoms with Crippen LogP contribution in [0.4, 0.5) is 11.4 Å². The molecule has 0 bridgehead atoms. The van der Waals surface area contributed by atoms with E-state index in [1.165, 1.54) is 0 Å². The van der Waals surface area contributed by atoms with E-state index in [1.54, 1.807) is 12.1 Å². The molecule has 0 aliphatic carbocycles. The summed E-state index contributed by atoms with van der Waals surface area (Å²) in [5.74, 6) is -0.260. The molecule has 0 saturated heterocycles. The summed E-state index contributed by atoms with van der Waals surface area (Å²) in [6.45, 7) is 1.54. The zero-order valence-corrected chi connectivity index (χ0v) is 11.8. The molecule has 2 aromatic rings. The summed E-state index contributed by atoms with van der Waals surface area (Å²) < 4.78 is 0. The molecule has 7 heteroatoms. The molecule has 0 atom stereocenters. The molecule has 0 spiro atoms. The van der Waals surface area contributed by atoms with Crippen LogP contribution in [0.25, 0.3) is 0 Å². The Hall–Kier alpha value is -2.67. The Balaban J connectivity index is 1.57. The minimum atomic E-state index is -0.238. The molecule has 2 aliphatic heterocycles. The zero-order valence-electron chi connectivity index (χ0n) is 11.8. The smallest absolute Gasteiger partial charge is 0.276 e. The number of aromatic amines is 1. The first kappa shape index (κ1) is 13.0. The van der Waals surface area contributed by atoms with Gasteiger partial charge in [0.1, 0.15) is 0 Å². The van der Waals surface area contributed by atoms with Gasteiger partial charge in [-0.1, -0.05) is 0 Å². The van der Waals surface area contributed by atoms with E-state index in [0.717, 1.165) is 35.5 Å². The second-order valence-corrected chi connectivity index (χ2v) is 5.51. The monoisotopic (exact) mass is 297 g/mol. The Morgan fingerprint density at radius 2 is 2.23 bits per heavy atom. The predicted molar refractivity (Wildman–Crippen MR) is 80.7 cm³/mol. The van der Waals surface area contributed by atoms with Crippen LogP contribution in [0.5, 0.6) is 0 Å². The number of fused-ring (bicyclic) bond motifs is 2. The molecule has 0 unspecified atom stereocenters. The van der Waals surface area contributed by atoms with Gasteiger partial charge in [0.05, 0.1) is 6.42 Å². The zero-order chi connectivity index (χ0) is 15.1. The highest BCUT2D eigenvalue weighted by Crippen LogP contribution is 2.26. The number of rotatable bonds is 2. The van der Waals surface area contributed by atoms with E-state index in [1.807, 2.05) is 6.07 Å². The average Bonchev–Trinajstić information content (AvgIpc) is 3.09. The summed E-state index contributed by atoms with van der Waals surface area (Å²) in [7, 11) is 0. The lowest BCUT2D eigenvalue weighted by molar-refractivity contribution is -0.115. The molecular formula is C15H15N5O2. The molecule has 0 fully saturated rings. The number of carbonyl (C=O) groups excluding carboxylic acids is 2. The minimum Gasteiger partial charge on any atom is -0.326 e. The van der Waals surface area contributed by atoms with Crippen LogP contribution < -0.4 is 16.0 Å². The van der Waals surface area contributed by atoms with Crippen LogP contribution in [-0.4, -0.2) is 28.6 Å². The molecule has 1 aromatic heterocycles. The van der Waals surface area contributed by atoms with Gasteiger partial charge in [-0.15, -0.1) is 0 Å². The van der Waals surface area contributed by atoms with E-state index in [2.05, 4.69) is 26.1 Å². The highest BCUT2D eigenvalue weighted by atomic mass is 16.2. The predicted octanol–water partition coefficient (Wildman–Crippen LogP) is 0.802. The van der Waals surface area contributed by atoms with E-state index < -0.39 is 0 Å². The second-order valence-electron chi connectivity index (χ2n) is 5.51. The molecule has 0 saturated carbocycles. The van der Waals surface area contributed by atoms with Crippen LogP contribution in [0, 0.1) is 0 Å². The Labute approximate surface area is 126 Å². The normalized spacial score (nSPS) is 15.9. The number of benzene rings is 1. The number of hydrogen-bond donors (Lipinski definition) is 4. The molecule has 4 rings (SSSR count).